The molecule has 0 amide bonds. The van der Waals surface area contributed by atoms with Gasteiger partial charge in [0.1, 0.15) is 17.6 Å². The van der Waals surface area contributed by atoms with Crippen LogP contribution in [0.4, 0.5) is 11.5 Å². The SMILES string of the molecule is CN[S+](=O)(O)c1ccc(OCCC2CCCCC2)c(Nc2ncnc3nc[nH]c23)c1. The third-order valence-corrected chi connectivity index (χ3v) is 6.98. The molecule has 1 aromatic carbocycles. The van der Waals surface area contributed by atoms with E-state index in [9.17, 15) is 8.76 Å². The third-order valence-electron chi connectivity index (χ3n) is 5.53. The van der Waals surface area contributed by atoms with Gasteiger partial charge < -0.3 is 15.0 Å². The van der Waals surface area contributed by atoms with Gasteiger partial charge in [-0.25, -0.2) is 15.0 Å². The molecule has 1 aliphatic rings. The van der Waals surface area contributed by atoms with Crippen LogP contribution in [0.1, 0.15) is 38.5 Å². The van der Waals surface area contributed by atoms with Gasteiger partial charge in [0.15, 0.2) is 11.5 Å². The van der Waals surface area contributed by atoms with E-state index in [1.54, 1.807) is 24.5 Å². The summed E-state index contributed by atoms with van der Waals surface area (Å²) in [4.78, 5) is 15.8. The van der Waals surface area contributed by atoms with Gasteiger partial charge in [-0.2, -0.15) is 4.55 Å². The number of ether oxygens (including phenoxy) is 1. The molecule has 2 aromatic heterocycles. The Labute approximate surface area is 176 Å². The van der Waals surface area contributed by atoms with Crippen molar-refractivity contribution in [3.63, 3.8) is 0 Å². The molecule has 1 saturated carbocycles. The lowest BCUT2D eigenvalue weighted by molar-refractivity contribution is 0.247. The van der Waals surface area contributed by atoms with Gasteiger partial charge in [-0.05, 0) is 22.6 Å². The zero-order valence-electron chi connectivity index (χ0n) is 16.9. The Morgan fingerprint density at radius 3 is 2.87 bits per heavy atom. The number of aromatic nitrogens is 4. The van der Waals surface area contributed by atoms with Gasteiger partial charge in [0.25, 0.3) is 0 Å². The molecular formula is C20H27N6O3S+. The molecular weight excluding hydrogens is 404 g/mol. The minimum Gasteiger partial charge on any atom is -0.491 e. The van der Waals surface area contributed by atoms with Crippen LogP contribution < -0.4 is 14.8 Å². The maximum absolute atomic E-state index is 12.4. The van der Waals surface area contributed by atoms with Crippen LogP contribution in [0.2, 0.25) is 0 Å². The van der Waals surface area contributed by atoms with Crippen LogP contribution in [-0.4, -0.2) is 38.1 Å². The van der Waals surface area contributed by atoms with Crippen molar-refractivity contribution in [1.82, 2.24) is 24.7 Å². The fraction of sp³-hybridized carbons (Fsp3) is 0.450. The van der Waals surface area contributed by atoms with Crippen LogP contribution in [0.25, 0.3) is 11.2 Å². The highest BCUT2D eigenvalue weighted by molar-refractivity contribution is 7.95. The van der Waals surface area contributed by atoms with Crippen LogP contribution in [-0.2, 0) is 14.6 Å². The zero-order chi connectivity index (χ0) is 21.0. The van der Waals surface area contributed by atoms with Crippen molar-refractivity contribution >= 4 is 33.1 Å². The quantitative estimate of drug-likeness (QED) is 0.398. The number of nitrogens with one attached hydrogen (secondary N) is 3. The topological polar surface area (TPSA) is 125 Å². The van der Waals surface area contributed by atoms with E-state index >= 15 is 0 Å². The largest absolute Gasteiger partial charge is 0.491 e. The average Bonchev–Trinajstić information content (AvgIpc) is 3.25. The summed E-state index contributed by atoms with van der Waals surface area (Å²) >= 11 is 0. The summed E-state index contributed by atoms with van der Waals surface area (Å²) in [6.07, 6.45) is 10.4. The van der Waals surface area contributed by atoms with Crippen molar-refractivity contribution in [3.8, 4) is 5.75 Å². The van der Waals surface area contributed by atoms with Gasteiger partial charge in [0.05, 0.1) is 18.6 Å². The van der Waals surface area contributed by atoms with Gasteiger partial charge in [0, 0.05) is 19.2 Å². The molecule has 4 N–H and O–H groups in total. The molecule has 4 rings (SSSR count). The Balaban J connectivity index is 1.58. The number of fused-ring (bicyclic) bond motifs is 1. The van der Waals surface area contributed by atoms with Crippen LogP contribution in [0.15, 0.2) is 35.7 Å². The summed E-state index contributed by atoms with van der Waals surface area (Å²) in [5, 5.41) is 3.21. The van der Waals surface area contributed by atoms with E-state index in [1.807, 2.05) is 0 Å². The lowest BCUT2D eigenvalue weighted by Gasteiger charge is -2.22. The molecule has 3 aromatic rings. The van der Waals surface area contributed by atoms with Crippen molar-refractivity contribution in [2.75, 3.05) is 19.0 Å². The van der Waals surface area contributed by atoms with Crippen molar-refractivity contribution in [2.45, 2.75) is 43.4 Å². The number of rotatable bonds is 8. The molecule has 9 nitrogen and oxygen atoms in total. The summed E-state index contributed by atoms with van der Waals surface area (Å²) in [5.74, 6) is 1.83. The van der Waals surface area contributed by atoms with E-state index in [0.717, 1.165) is 6.42 Å². The van der Waals surface area contributed by atoms with Gasteiger partial charge in [-0.1, -0.05) is 32.1 Å². The summed E-state index contributed by atoms with van der Waals surface area (Å²) in [7, 11) is -1.90. The standard InChI is InChI=1S/C20H26N6O3S/c1-21-30(27,28)15-7-8-17(29-10-9-14-5-3-2-4-6-14)16(11-15)26-20-18-19(23-12-22-18)24-13-25-20/h7-8,11-14H,2-6,9-10H2,1H3,(H3-,21,22,23,24,25,26,27,28)/p+1. The number of H-pyrrole nitrogens is 1. The molecule has 0 saturated heterocycles. The second-order valence-corrected chi connectivity index (χ2v) is 9.41. The monoisotopic (exact) mass is 431 g/mol. The summed E-state index contributed by atoms with van der Waals surface area (Å²) < 4.78 is 31.1. The Kier molecular flexibility index (Phi) is 6.26. The molecule has 1 fully saturated rings. The van der Waals surface area contributed by atoms with E-state index in [-0.39, 0.29) is 4.90 Å². The number of imidazole rings is 1. The first-order valence-electron chi connectivity index (χ1n) is 10.2. The highest BCUT2D eigenvalue weighted by Crippen LogP contribution is 2.33. The molecule has 10 heteroatoms. The first-order valence-corrected chi connectivity index (χ1v) is 11.7. The maximum Gasteiger partial charge on any atom is 0.323 e. The maximum atomic E-state index is 12.4. The third kappa shape index (κ3) is 4.61. The second kappa shape index (κ2) is 9.07. The lowest BCUT2D eigenvalue weighted by atomic mass is 9.87. The van der Waals surface area contributed by atoms with Crippen LogP contribution >= 0.6 is 0 Å². The highest BCUT2D eigenvalue weighted by Gasteiger charge is 2.28. The van der Waals surface area contributed by atoms with Gasteiger partial charge in [-0.15, -0.1) is 4.72 Å². The molecule has 1 unspecified atom stereocenters. The normalized spacial score (nSPS) is 17.0. The predicted octanol–water partition coefficient (Wildman–Crippen LogP) is 3.91. The molecule has 0 bridgehead atoms. The van der Waals surface area contributed by atoms with E-state index in [1.165, 1.54) is 45.5 Å². The van der Waals surface area contributed by atoms with Crippen LogP contribution in [0, 0.1) is 5.92 Å². The van der Waals surface area contributed by atoms with E-state index in [4.69, 9.17) is 4.74 Å². The Hall–Kier alpha value is -2.56. The van der Waals surface area contributed by atoms with E-state index < -0.39 is 10.4 Å². The molecule has 30 heavy (non-hydrogen) atoms. The van der Waals surface area contributed by atoms with Crippen molar-refractivity contribution in [2.24, 2.45) is 5.92 Å². The van der Waals surface area contributed by atoms with Crippen molar-refractivity contribution < 1.29 is 13.5 Å². The number of aromatic amines is 1. The lowest BCUT2D eigenvalue weighted by Crippen LogP contribution is -2.26. The predicted molar refractivity (Wildman–Crippen MR) is 116 cm³/mol. The average molecular weight is 432 g/mol. The van der Waals surface area contributed by atoms with Gasteiger partial charge in [0.2, 0.25) is 4.90 Å². The van der Waals surface area contributed by atoms with E-state index in [0.29, 0.717) is 40.9 Å². The zero-order valence-corrected chi connectivity index (χ0v) is 17.7. The molecule has 0 aliphatic heterocycles. The fourth-order valence-corrected chi connectivity index (χ4v) is 4.59. The molecule has 2 heterocycles. The van der Waals surface area contributed by atoms with Crippen LogP contribution in [0.3, 0.4) is 0 Å². The number of hydrogen-bond donors (Lipinski definition) is 4. The second-order valence-electron chi connectivity index (χ2n) is 7.48. The minimum atomic E-state index is -3.35. The Morgan fingerprint density at radius 2 is 2.07 bits per heavy atom. The van der Waals surface area contributed by atoms with Gasteiger partial charge in [-0.3, -0.25) is 0 Å². The Bertz CT molecular complexity index is 1050. The molecule has 1 atom stereocenters. The smallest absolute Gasteiger partial charge is 0.323 e. The van der Waals surface area contributed by atoms with Gasteiger partial charge >= 0.3 is 10.4 Å². The minimum absolute atomic E-state index is 0.252. The van der Waals surface area contributed by atoms with Crippen LogP contribution in [0.5, 0.6) is 5.75 Å². The molecule has 0 spiro atoms. The summed E-state index contributed by atoms with van der Waals surface area (Å²) in [5.41, 5.74) is 1.74. The first-order chi connectivity index (χ1) is 14.6. The summed E-state index contributed by atoms with van der Waals surface area (Å²) in [6.45, 7) is 0.600. The molecule has 0 radical (unpaired) electrons. The van der Waals surface area contributed by atoms with Crippen molar-refractivity contribution in [3.05, 3.63) is 30.9 Å². The van der Waals surface area contributed by atoms with E-state index in [2.05, 4.69) is 30.0 Å². The number of anilines is 2. The Morgan fingerprint density at radius 1 is 1.23 bits per heavy atom. The highest BCUT2D eigenvalue weighted by atomic mass is 32.3. The molecule has 1 aliphatic carbocycles. The molecule has 160 valence electrons. The number of benzene rings is 1. The van der Waals surface area contributed by atoms with Crippen molar-refractivity contribution in [1.29, 1.82) is 0 Å². The first kappa shape index (κ1) is 20.7. The number of hydrogen-bond acceptors (Lipinski definition) is 6. The fourth-order valence-electron chi connectivity index (χ4n) is 3.82. The summed E-state index contributed by atoms with van der Waals surface area (Å²) in [6, 6.07) is 4.93. The number of nitrogens with zero attached hydrogens (tertiary/aromatic N) is 3.